The van der Waals surface area contributed by atoms with Gasteiger partial charge in [-0.3, -0.25) is 9.69 Å². The van der Waals surface area contributed by atoms with Crippen LogP contribution < -0.4 is 0 Å². The molecule has 1 aliphatic carbocycles. The number of carbonyl (C=O) groups is 1. The number of β-amino-alcohol motifs (C(OH)–C–C–N with tert-alkyl or cyclic N) is 1. The summed E-state index contributed by atoms with van der Waals surface area (Å²) in [6.45, 7) is 2.57. The van der Waals surface area contributed by atoms with Crippen molar-refractivity contribution in [2.75, 3.05) is 13.1 Å². The molecule has 2 aliphatic rings. The van der Waals surface area contributed by atoms with Gasteiger partial charge in [-0.05, 0) is 30.0 Å². The molecule has 3 rings (SSSR count). The maximum Gasteiger partial charge on any atom is 0.159 e. The fourth-order valence-corrected chi connectivity index (χ4v) is 3.15. The van der Waals surface area contributed by atoms with E-state index in [-0.39, 0.29) is 5.78 Å². The first-order valence-electron chi connectivity index (χ1n) is 7.57. The summed E-state index contributed by atoms with van der Waals surface area (Å²) in [5.41, 5.74) is 3.83. The quantitative estimate of drug-likeness (QED) is 0.921. The zero-order valence-corrected chi connectivity index (χ0v) is 12.2. The molecular weight excluding hydrogens is 262 g/mol. The Morgan fingerprint density at radius 2 is 2.05 bits per heavy atom. The van der Waals surface area contributed by atoms with E-state index in [9.17, 15) is 9.90 Å². The van der Waals surface area contributed by atoms with E-state index in [1.54, 1.807) is 12.2 Å². The predicted octanol–water partition coefficient (Wildman–Crippen LogP) is 2.25. The largest absolute Gasteiger partial charge is 0.391 e. The van der Waals surface area contributed by atoms with Gasteiger partial charge in [-0.15, -0.1) is 0 Å². The Labute approximate surface area is 125 Å². The fraction of sp³-hybridized carbons (Fsp3) is 0.389. The van der Waals surface area contributed by atoms with Gasteiger partial charge < -0.3 is 5.11 Å². The van der Waals surface area contributed by atoms with Crippen molar-refractivity contribution in [3.8, 4) is 0 Å². The Hall–Kier alpha value is -1.71. The zero-order chi connectivity index (χ0) is 14.7. The summed E-state index contributed by atoms with van der Waals surface area (Å²) in [4.78, 5) is 13.7. The van der Waals surface area contributed by atoms with E-state index < -0.39 is 6.10 Å². The highest BCUT2D eigenvalue weighted by Crippen LogP contribution is 2.20. The minimum absolute atomic E-state index is 0.131. The molecule has 3 heteroatoms. The number of aliphatic hydroxyl groups excluding tert-OH is 1. The molecule has 21 heavy (non-hydrogen) atoms. The normalized spacial score (nSPS) is 20.0. The number of nitrogens with zero attached hydrogens (tertiary/aromatic N) is 1. The van der Waals surface area contributed by atoms with Crippen LogP contribution >= 0.6 is 0 Å². The summed E-state index contributed by atoms with van der Waals surface area (Å²) in [7, 11) is 0. The van der Waals surface area contributed by atoms with Crippen LogP contribution in [0.3, 0.4) is 0 Å². The van der Waals surface area contributed by atoms with Gasteiger partial charge in [0.05, 0.1) is 6.10 Å². The summed E-state index contributed by atoms with van der Waals surface area (Å²) in [5, 5.41) is 10.3. The molecule has 0 fully saturated rings. The summed E-state index contributed by atoms with van der Waals surface area (Å²) in [6, 6.07) is 8.52. The Morgan fingerprint density at radius 1 is 1.24 bits per heavy atom. The van der Waals surface area contributed by atoms with Crippen molar-refractivity contribution in [1.82, 2.24) is 4.90 Å². The van der Waals surface area contributed by atoms with Gasteiger partial charge in [0.1, 0.15) is 0 Å². The second-order valence-corrected chi connectivity index (χ2v) is 5.94. The third kappa shape index (κ3) is 3.69. The molecule has 1 unspecified atom stereocenters. The van der Waals surface area contributed by atoms with Crippen LogP contribution in [-0.2, 0) is 17.8 Å². The first-order chi connectivity index (χ1) is 10.2. The van der Waals surface area contributed by atoms with Crippen molar-refractivity contribution in [1.29, 1.82) is 0 Å². The average molecular weight is 283 g/mol. The smallest absolute Gasteiger partial charge is 0.159 e. The lowest BCUT2D eigenvalue weighted by molar-refractivity contribution is -0.114. The lowest BCUT2D eigenvalue weighted by Gasteiger charge is -2.30. The van der Waals surface area contributed by atoms with E-state index >= 15 is 0 Å². The number of hydrogen-bond acceptors (Lipinski definition) is 3. The van der Waals surface area contributed by atoms with Crippen LogP contribution in [0.1, 0.15) is 24.0 Å². The fourth-order valence-electron chi connectivity index (χ4n) is 3.15. The minimum atomic E-state index is -0.402. The van der Waals surface area contributed by atoms with Crippen LogP contribution in [0.2, 0.25) is 0 Å². The highest BCUT2D eigenvalue weighted by atomic mass is 16.3. The van der Waals surface area contributed by atoms with Crippen LogP contribution in [0.25, 0.3) is 0 Å². The van der Waals surface area contributed by atoms with Gasteiger partial charge in [-0.25, -0.2) is 0 Å². The Kier molecular flexibility index (Phi) is 4.32. The topological polar surface area (TPSA) is 40.5 Å². The van der Waals surface area contributed by atoms with Gasteiger partial charge >= 0.3 is 0 Å². The molecule has 0 saturated carbocycles. The van der Waals surface area contributed by atoms with Crippen molar-refractivity contribution >= 4 is 5.78 Å². The van der Waals surface area contributed by atoms with Gasteiger partial charge in [-0.2, -0.15) is 0 Å². The molecular formula is C18H21NO2. The molecule has 0 amide bonds. The molecule has 0 bridgehead atoms. The zero-order valence-electron chi connectivity index (χ0n) is 12.2. The third-order valence-electron chi connectivity index (χ3n) is 4.19. The Morgan fingerprint density at radius 3 is 2.86 bits per heavy atom. The number of benzene rings is 1. The minimum Gasteiger partial charge on any atom is -0.391 e. The molecule has 0 saturated heterocycles. The van der Waals surface area contributed by atoms with E-state index in [1.807, 2.05) is 6.08 Å². The molecule has 0 aromatic heterocycles. The summed E-state index contributed by atoms with van der Waals surface area (Å²) >= 11 is 0. The van der Waals surface area contributed by atoms with Crippen LogP contribution in [0, 0.1) is 0 Å². The van der Waals surface area contributed by atoms with Crippen molar-refractivity contribution in [3.63, 3.8) is 0 Å². The van der Waals surface area contributed by atoms with E-state index in [0.717, 1.165) is 25.1 Å². The van der Waals surface area contributed by atoms with Crippen LogP contribution in [0.15, 0.2) is 48.1 Å². The first kappa shape index (κ1) is 14.2. The predicted molar refractivity (Wildman–Crippen MR) is 82.9 cm³/mol. The SMILES string of the molecule is O=C1C=CC=C(CC(O)CN2CCc3ccccc3C2)C1. The maximum atomic E-state index is 11.4. The lowest BCUT2D eigenvalue weighted by atomic mass is 9.97. The Balaban J connectivity index is 1.54. The highest BCUT2D eigenvalue weighted by molar-refractivity contribution is 5.92. The van der Waals surface area contributed by atoms with Gasteiger partial charge in [0.15, 0.2) is 5.78 Å². The third-order valence-corrected chi connectivity index (χ3v) is 4.19. The summed E-state index contributed by atoms with van der Waals surface area (Å²) < 4.78 is 0. The van der Waals surface area contributed by atoms with Crippen LogP contribution in [-0.4, -0.2) is 35.0 Å². The second kappa shape index (κ2) is 6.37. The number of fused-ring (bicyclic) bond motifs is 1. The number of carbonyl (C=O) groups excluding carboxylic acids is 1. The highest BCUT2D eigenvalue weighted by Gasteiger charge is 2.19. The number of aliphatic hydroxyl groups is 1. The number of ketones is 1. The number of allylic oxidation sites excluding steroid dienone is 3. The van der Waals surface area contributed by atoms with Gasteiger partial charge in [0.25, 0.3) is 0 Å². The van der Waals surface area contributed by atoms with E-state index in [0.29, 0.717) is 19.4 Å². The summed E-state index contributed by atoms with van der Waals surface area (Å²) in [5.74, 6) is 0.131. The van der Waals surface area contributed by atoms with E-state index in [1.165, 1.54) is 11.1 Å². The molecule has 1 atom stereocenters. The molecule has 1 aliphatic heterocycles. The molecule has 1 heterocycles. The second-order valence-electron chi connectivity index (χ2n) is 5.94. The van der Waals surface area contributed by atoms with E-state index in [4.69, 9.17) is 0 Å². The van der Waals surface area contributed by atoms with Crippen molar-refractivity contribution in [3.05, 3.63) is 59.2 Å². The van der Waals surface area contributed by atoms with Gasteiger partial charge in [0, 0.05) is 26.1 Å². The van der Waals surface area contributed by atoms with Crippen molar-refractivity contribution < 1.29 is 9.90 Å². The standard InChI is InChI=1S/C18H21NO2/c20-17-7-3-4-14(10-17)11-18(21)13-19-9-8-15-5-1-2-6-16(15)12-19/h1-7,18,21H,8-13H2. The molecule has 3 nitrogen and oxygen atoms in total. The first-order valence-corrected chi connectivity index (χ1v) is 7.57. The lowest BCUT2D eigenvalue weighted by Crippen LogP contribution is -2.36. The molecule has 1 aromatic carbocycles. The van der Waals surface area contributed by atoms with Crippen LogP contribution in [0.5, 0.6) is 0 Å². The van der Waals surface area contributed by atoms with E-state index in [2.05, 4.69) is 29.2 Å². The number of hydrogen-bond donors (Lipinski definition) is 1. The molecule has 1 N–H and O–H groups in total. The van der Waals surface area contributed by atoms with Gasteiger partial charge in [0.2, 0.25) is 0 Å². The Bertz CT molecular complexity index is 589. The molecule has 0 spiro atoms. The van der Waals surface area contributed by atoms with Crippen molar-refractivity contribution in [2.24, 2.45) is 0 Å². The molecule has 110 valence electrons. The van der Waals surface area contributed by atoms with Crippen LogP contribution in [0.4, 0.5) is 0 Å². The monoisotopic (exact) mass is 283 g/mol. The van der Waals surface area contributed by atoms with Crippen molar-refractivity contribution in [2.45, 2.75) is 31.9 Å². The number of rotatable bonds is 4. The maximum absolute atomic E-state index is 11.4. The average Bonchev–Trinajstić information content (AvgIpc) is 2.47. The molecule has 1 aromatic rings. The van der Waals surface area contributed by atoms with Gasteiger partial charge in [-0.1, -0.05) is 42.0 Å². The molecule has 0 radical (unpaired) electrons. The summed E-state index contributed by atoms with van der Waals surface area (Å²) in [6.07, 6.45) is 7.02.